The molecule has 2 aromatic rings. The third kappa shape index (κ3) is 6.30. The van der Waals surface area contributed by atoms with Crippen LogP contribution in [0.3, 0.4) is 0 Å². The molecule has 0 aliphatic heterocycles. The Morgan fingerprint density at radius 2 is 1.60 bits per heavy atom. The zero-order valence-electron chi connectivity index (χ0n) is 14.8. The molecule has 0 spiro atoms. The van der Waals surface area contributed by atoms with Crippen molar-refractivity contribution >= 4 is 17.5 Å². The van der Waals surface area contributed by atoms with Gasteiger partial charge in [0.2, 0.25) is 0 Å². The molecule has 0 aromatic heterocycles. The van der Waals surface area contributed by atoms with E-state index >= 15 is 0 Å². The summed E-state index contributed by atoms with van der Waals surface area (Å²) in [7, 11) is 0. The lowest BCUT2D eigenvalue weighted by Crippen LogP contribution is -2.34. The summed E-state index contributed by atoms with van der Waals surface area (Å²) in [6.07, 6.45) is 0. The van der Waals surface area contributed by atoms with Crippen LogP contribution in [0.2, 0.25) is 0 Å². The number of anilines is 1. The maximum Gasteiger partial charge on any atom is 0.313 e. The van der Waals surface area contributed by atoms with Gasteiger partial charge in [-0.15, -0.1) is 0 Å². The standard InChI is InChI=1S/C20H24N2O3/c1-14(2)13-25-18-10-8-17(9-11-18)22-20(24)19(23)21-12-16-6-4-15(3)5-7-16/h4-11,14H,12-13H2,1-3H3,(H,21,23)(H,22,24). The normalized spacial score (nSPS) is 10.4. The van der Waals surface area contributed by atoms with Gasteiger partial charge in [-0.3, -0.25) is 9.59 Å². The van der Waals surface area contributed by atoms with Crippen molar-refractivity contribution in [2.75, 3.05) is 11.9 Å². The zero-order valence-corrected chi connectivity index (χ0v) is 14.8. The average Bonchev–Trinajstić information content (AvgIpc) is 2.60. The number of ether oxygens (including phenoxy) is 1. The van der Waals surface area contributed by atoms with Crippen molar-refractivity contribution in [3.8, 4) is 5.75 Å². The van der Waals surface area contributed by atoms with Gasteiger partial charge in [0.1, 0.15) is 5.75 Å². The predicted octanol–water partition coefficient (Wildman–Crippen LogP) is 3.28. The quantitative estimate of drug-likeness (QED) is 0.793. The van der Waals surface area contributed by atoms with Crippen molar-refractivity contribution in [1.29, 1.82) is 0 Å². The number of carbonyl (C=O) groups is 2. The largest absolute Gasteiger partial charge is 0.493 e. The van der Waals surface area contributed by atoms with E-state index in [1.807, 2.05) is 31.2 Å². The van der Waals surface area contributed by atoms with Crippen molar-refractivity contribution in [2.45, 2.75) is 27.3 Å². The Hall–Kier alpha value is -2.82. The summed E-state index contributed by atoms with van der Waals surface area (Å²) >= 11 is 0. The fraction of sp³-hybridized carbons (Fsp3) is 0.300. The number of amides is 2. The number of rotatable bonds is 6. The summed E-state index contributed by atoms with van der Waals surface area (Å²) in [6, 6.07) is 14.7. The van der Waals surface area contributed by atoms with Crippen LogP contribution in [-0.4, -0.2) is 18.4 Å². The molecule has 0 saturated heterocycles. The van der Waals surface area contributed by atoms with E-state index in [4.69, 9.17) is 4.74 Å². The van der Waals surface area contributed by atoms with Crippen LogP contribution in [0.25, 0.3) is 0 Å². The Morgan fingerprint density at radius 1 is 0.960 bits per heavy atom. The molecular weight excluding hydrogens is 316 g/mol. The molecule has 0 unspecified atom stereocenters. The molecule has 0 radical (unpaired) electrons. The lowest BCUT2D eigenvalue weighted by Gasteiger charge is -2.10. The minimum absolute atomic E-state index is 0.314. The molecule has 5 heteroatoms. The van der Waals surface area contributed by atoms with Gasteiger partial charge >= 0.3 is 11.8 Å². The highest BCUT2D eigenvalue weighted by Gasteiger charge is 2.13. The molecule has 132 valence electrons. The second-order valence-electron chi connectivity index (χ2n) is 6.35. The van der Waals surface area contributed by atoms with E-state index < -0.39 is 11.8 Å². The van der Waals surface area contributed by atoms with Gasteiger partial charge in [0.15, 0.2) is 0 Å². The molecule has 5 nitrogen and oxygen atoms in total. The smallest absolute Gasteiger partial charge is 0.313 e. The topological polar surface area (TPSA) is 67.4 Å². The zero-order chi connectivity index (χ0) is 18.2. The van der Waals surface area contributed by atoms with Crippen LogP contribution in [0.4, 0.5) is 5.69 Å². The molecule has 0 heterocycles. The molecular formula is C20H24N2O3. The summed E-state index contributed by atoms with van der Waals surface area (Å²) in [5.74, 6) is -0.184. The molecule has 0 atom stereocenters. The van der Waals surface area contributed by atoms with Crippen molar-refractivity contribution in [3.63, 3.8) is 0 Å². The van der Waals surface area contributed by atoms with Crippen LogP contribution in [-0.2, 0) is 16.1 Å². The number of carbonyl (C=O) groups excluding carboxylic acids is 2. The average molecular weight is 340 g/mol. The van der Waals surface area contributed by atoms with E-state index in [9.17, 15) is 9.59 Å². The lowest BCUT2D eigenvalue weighted by atomic mass is 10.1. The number of hydrogen-bond donors (Lipinski definition) is 2. The predicted molar refractivity (Wildman–Crippen MR) is 98.4 cm³/mol. The summed E-state index contributed by atoms with van der Waals surface area (Å²) in [5.41, 5.74) is 2.64. The van der Waals surface area contributed by atoms with E-state index in [0.29, 0.717) is 24.8 Å². The van der Waals surface area contributed by atoms with Crippen LogP contribution in [0.5, 0.6) is 5.75 Å². The fourth-order valence-corrected chi connectivity index (χ4v) is 2.05. The summed E-state index contributed by atoms with van der Waals surface area (Å²) in [4.78, 5) is 23.8. The first-order chi connectivity index (χ1) is 11.9. The third-order valence-corrected chi connectivity index (χ3v) is 3.48. The summed E-state index contributed by atoms with van der Waals surface area (Å²) in [6.45, 7) is 7.09. The highest BCUT2D eigenvalue weighted by Crippen LogP contribution is 2.16. The van der Waals surface area contributed by atoms with Gasteiger partial charge in [0.25, 0.3) is 0 Å². The van der Waals surface area contributed by atoms with Gasteiger partial charge in [-0.05, 0) is 42.7 Å². The van der Waals surface area contributed by atoms with Gasteiger partial charge in [-0.1, -0.05) is 43.7 Å². The summed E-state index contributed by atoms with van der Waals surface area (Å²) in [5, 5.41) is 5.18. The van der Waals surface area contributed by atoms with Crippen LogP contribution in [0.1, 0.15) is 25.0 Å². The number of hydrogen-bond acceptors (Lipinski definition) is 3. The van der Waals surface area contributed by atoms with E-state index in [-0.39, 0.29) is 0 Å². The minimum atomic E-state index is -0.692. The Labute approximate surface area is 148 Å². The molecule has 0 aliphatic rings. The van der Waals surface area contributed by atoms with E-state index in [2.05, 4.69) is 24.5 Å². The molecule has 2 rings (SSSR count). The van der Waals surface area contributed by atoms with Gasteiger partial charge in [-0.2, -0.15) is 0 Å². The maximum absolute atomic E-state index is 11.9. The fourth-order valence-electron chi connectivity index (χ4n) is 2.05. The molecule has 0 fully saturated rings. The lowest BCUT2D eigenvalue weighted by molar-refractivity contribution is -0.136. The van der Waals surface area contributed by atoms with Crippen molar-refractivity contribution in [2.24, 2.45) is 5.92 Å². The molecule has 2 N–H and O–H groups in total. The molecule has 25 heavy (non-hydrogen) atoms. The Bertz CT molecular complexity index is 707. The van der Waals surface area contributed by atoms with E-state index in [1.54, 1.807) is 24.3 Å². The Morgan fingerprint density at radius 3 is 2.20 bits per heavy atom. The summed E-state index contributed by atoms with van der Waals surface area (Å²) < 4.78 is 5.58. The van der Waals surface area contributed by atoms with Crippen molar-refractivity contribution < 1.29 is 14.3 Å². The second kappa shape index (κ2) is 8.87. The maximum atomic E-state index is 11.9. The third-order valence-electron chi connectivity index (χ3n) is 3.48. The first-order valence-electron chi connectivity index (χ1n) is 8.31. The second-order valence-corrected chi connectivity index (χ2v) is 6.35. The van der Waals surface area contributed by atoms with Gasteiger partial charge in [-0.25, -0.2) is 0 Å². The van der Waals surface area contributed by atoms with Crippen molar-refractivity contribution in [1.82, 2.24) is 5.32 Å². The number of nitrogens with one attached hydrogen (secondary N) is 2. The highest BCUT2D eigenvalue weighted by molar-refractivity contribution is 6.39. The van der Waals surface area contributed by atoms with E-state index in [0.717, 1.165) is 16.9 Å². The highest BCUT2D eigenvalue weighted by atomic mass is 16.5. The molecule has 0 aliphatic carbocycles. The molecule has 2 amide bonds. The first kappa shape index (κ1) is 18.5. The monoisotopic (exact) mass is 340 g/mol. The van der Waals surface area contributed by atoms with Gasteiger partial charge in [0, 0.05) is 12.2 Å². The number of benzene rings is 2. The SMILES string of the molecule is Cc1ccc(CNC(=O)C(=O)Nc2ccc(OCC(C)C)cc2)cc1. The first-order valence-corrected chi connectivity index (χ1v) is 8.31. The van der Waals surface area contributed by atoms with Crippen LogP contribution in [0.15, 0.2) is 48.5 Å². The van der Waals surface area contributed by atoms with Crippen LogP contribution >= 0.6 is 0 Å². The molecule has 0 bridgehead atoms. The number of aryl methyl sites for hydroxylation is 1. The van der Waals surface area contributed by atoms with E-state index in [1.165, 1.54) is 0 Å². The minimum Gasteiger partial charge on any atom is -0.493 e. The van der Waals surface area contributed by atoms with Gasteiger partial charge < -0.3 is 15.4 Å². The molecule has 2 aromatic carbocycles. The van der Waals surface area contributed by atoms with Gasteiger partial charge in [0.05, 0.1) is 6.61 Å². The Balaban J connectivity index is 1.81. The molecule has 0 saturated carbocycles. The van der Waals surface area contributed by atoms with Crippen LogP contribution < -0.4 is 15.4 Å². The van der Waals surface area contributed by atoms with Crippen molar-refractivity contribution in [3.05, 3.63) is 59.7 Å². The van der Waals surface area contributed by atoms with Crippen LogP contribution in [0, 0.1) is 12.8 Å². The Kier molecular flexibility index (Phi) is 6.57.